The number of thioether (sulfide) groups is 1. The summed E-state index contributed by atoms with van der Waals surface area (Å²) in [5.41, 5.74) is 5.08. The van der Waals surface area contributed by atoms with Crippen molar-refractivity contribution in [2.75, 3.05) is 26.2 Å². The molecule has 9 nitrogen and oxygen atoms in total. The van der Waals surface area contributed by atoms with Crippen molar-refractivity contribution in [1.82, 2.24) is 5.32 Å². The summed E-state index contributed by atoms with van der Waals surface area (Å²) in [5, 5.41) is 2.30. The van der Waals surface area contributed by atoms with Gasteiger partial charge in [0, 0.05) is 0 Å². The van der Waals surface area contributed by atoms with Crippen LogP contribution in [0.1, 0.15) is 27.1 Å². The quantitative estimate of drug-likeness (QED) is 0.500. The Morgan fingerprint density at radius 2 is 1.62 bits per heavy atom. The van der Waals surface area contributed by atoms with E-state index in [4.69, 9.17) is 10.5 Å². The Bertz CT molecular complexity index is 659. The van der Waals surface area contributed by atoms with Crippen LogP contribution in [0.15, 0.2) is 18.2 Å². The molecule has 0 aliphatic heterocycles. The maximum Gasteiger partial charge on any atom is 0.338 e. The lowest BCUT2D eigenvalue weighted by Crippen LogP contribution is -2.45. The standard InChI is InChI=1S/C16H20N2O7S/c1-23-13(19)9-6-10(14(20)24-2)8-11(7-9)25-15(21)12(4-5-26-3)18-16(17)22/h6-8,12H,4-5H2,1-3H3,(H3,17,18,22). The van der Waals surface area contributed by atoms with E-state index in [1.807, 2.05) is 6.26 Å². The van der Waals surface area contributed by atoms with Gasteiger partial charge in [-0.25, -0.2) is 19.2 Å². The second-order valence-corrected chi connectivity index (χ2v) is 5.98. The number of amides is 2. The largest absolute Gasteiger partial charge is 0.465 e. The first-order chi connectivity index (χ1) is 12.3. The van der Waals surface area contributed by atoms with E-state index in [1.165, 1.54) is 44.2 Å². The van der Waals surface area contributed by atoms with E-state index in [0.29, 0.717) is 12.2 Å². The third kappa shape index (κ3) is 6.28. The number of hydrogen-bond acceptors (Lipinski definition) is 8. The summed E-state index contributed by atoms with van der Waals surface area (Å²) < 4.78 is 14.4. The molecule has 1 atom stereocenters. The van der Waals surface area contributed by atoms with Gasteiger partial charge in [0.25, 0.3) is 0 Å². The number of methoxy groups -OCH3 is 2. The van der Waals surface area contributed by atoms with Crippen molar-refractivity contribution in [3.05, 3.63) is 29.3 Å². The molecule has 0 spiro atoms. The van der Waals surface area contributed by atoms with Crippen molar-refractivity contribution in [2.24, 2.45) is 5.73 Å². The molecular formula is C16H20N2O7S. The van der Waals surface area contributed by atoms with Gasteiger partial charge in [-0.05, 0) is 36.6 Å². The zero-order chi connectivity index (χ0) is 19.7. The highest BCUT2D eigenvalue weighted by Gasteiger charge is 2.23. The van der Waals surface area contributed by atoms with Crippen LogP contribution in [0.3, 0.4) is 0 Å². The molecule has 3 N–H and O–H groups in total. The van der Waals surface area contributed by atoms with Crippen molar-refractivity contribution in [2.45, 2.75) is 12.5 Å². The van der Waals surface area contributed by atoms with Gasteiger partial charge in [-0.15, -0.1) is 0 Å². The van der Waals surface area contributed by atoms with Crippen molar-refractivity contribution in [1.29, 1.82) is 0 Å². The lowest BCUT2D eigenvalue weighted by atomic mass is 10.1. The fraction of sp³-hybridized carbons (Fsp3) is 0.375. The molecule has 1 rings (SSSR count). The monoisotopic (exact) mass is 384 g/mol. The molecule has 2 amide bonds. The molecule has 0 aromatic heterocycles. The lowest BCUT2D eigenvalue weighted by molar-refractivity contribution is -0.136. The molecular weight excluding hydrogens is 364 g/mol. The molecule has 0 radical (unpaired) electrons. The minimum absolute atomic E-state index is 0.00160. The third-order valence-corrected chi connectivity index (χ3v) is 3.82. The number of benzene rings is 1. The van der Waals surface area contributed by atoms with Crippen LogP contribution in [0.2, 0.25) is 0 Å². The molecule has 0 aliphatic rings. The summed E-state index contributed by atoms with van der Waals surface area (Å²) in [6.45, 7) is 0. The minimum Gasteiger partial charge on any atom is -0.465 e. The van der Waals surface area contributed by atoms with Crippen LogP contribution >= 0.6 is 11.8 Å². The average Bonchev–Trinajstić information content (AvgIpc) is 2.62. The van der Waals surface area contributed by atoms with Gasteiger partial charge in [-0.1, -0.05) is 0 Å². The first-order valence-electron chi connectivity index (χ1n) is 7.40. The van der Waals surface area contributed by atoms with Gasteiger partial charge < -0.3 is 25.3 Å². The van der Waals surface area contributed by atoms with Crippen molar-refractivity contribution in [3.8, 4) is 5.75 Å². The number of ether oxygens (including phenoxy) is 3. The highest BCUT2D eigenvalue weighted by molar-refractivity contribution is 7.98. The summed E-state index contributed by atoms with van der Waals surface area (Å²) in [4.78, 5) is 46.9. The van der Waals surface area contributed by atoms with Crippen molar-refractivity contribution < 1.29 is 33.4 Å². The Hall–Kier alpha value is -2.75. The number of hydrogen-bond donors (Lipinski definition) is 2. The number of urea groups is 1. The molecule has 0 heterocycles. The Labute approximate surface area is 154 Å². The third-order valence-electron chi connectivity index (χ3n) is 3.18. The molecule has 0 fully saturated rings. The van der Waals surface area contributed by atoms with E-state index in [2.05, 4.69) is 14.8 Å². The number of nitrogens with one attached hydrogen (secondary N) is 1. The molecule has 0 aliphatic carbocycles. The van der Waals surface area contributed by atoms with Crippen molar-refractivity contribution >= 4 is 35.7 Å². The van der Waals surface area contributed by atoms with E-state index >= 15 is 0 Å². The predicted octanol–water partition coefficient (Wildman–Crippen LogP) is 0.955. The van der Waals surface area contributed by atoms with E-state index in [9.17, 15) is 19.2 Å². The lowest BCUT2D eigenvalue weighted by Gasteiger charge is -2.16. The van der Waals surface area contributed by atoms with Gasteiger partial charge in [0.05, 0.1) is 25.3 Å². The van der Waals surface area contributed by atoms with Crippen LogP contribution < -0.4 is 15.8 Å². The van der Waals surface area contributed by atoms with Gasteiger partial charge in [-0.2, -0.15) is 11.8 Å². The van der Waals surface area contributed by atoms with E-state index < -0.39 is 30.0 Å². The van der Waals surface area contributed by atoms with Gasteiger partial charge in [-0.3, -0.25) is 0 Å². The molecule has 1 aromatic rings. The van der Waals surface area contributed by atoms with Gasteiger partial charge in [0.1, 0.15) is 11.8 Å². The van der Waals surface area contributed by atoms with Crippen LogP contribution in [-0.2, 0) is 14.3 Å². The normalized spacial score (nSPS) is 11.2. The van der Waals surface area contributed by atoms with Gasteiger partial charge >= 0.3 is 23.9 Å². The Balaban J connectivity index is 3.11. The van der Waals surface area contributed by atoms with Crippen LogP contribution in [0, 0.1) is 0 Å². The molecule has 1 unspecified atom stereocenters. The number of esters is 3. The summed E-state index contributed by atoms with van der Waals surface area (Å²) in [7, 11) is 2.35. The highest BCUT2D eigenvalue weighted by Crippen LogP contribution is 2.20. The molecule has 0 saturated carbocycles. The second kappa shape index (κ2) is 10.3. The Morgan fingerprint density at radius 1 is 1.08 bits per heavy atom. The zero-order valence-electron chi connectivity index (χ0n) is 14.6. The minimum atomic E-state index is -0.969. The number of carbonyl (C=O) groups excluding carboxylic acids is 4. The number of carbonyl (C=O) groups is 4. The van der Waals surface area contributed by atoms with Crippen molar-refractivity contribution in [3.63, 3.8) is 0 Å². The smallest absolute Gasteiger partial charge is 0.338 e. The molecule has 26 heavy (non-hydrogen) atoms. The molecule has 0 bridgehead atoms. The zero-order valence-corrected chi connectivity index (χ0v) is 15.4. The van der Waals surface area contributed by atoms with Crippen LogP contribution in [0.25, 0.3) is 0 Å². The Kier molecular flexibility index (Phi) is 8.43. The Morgan fingerprint density at radius 3 is 2.04 bits per heavy atom. The molecule has 0 saturated heterocycles. The summed E-state index contributed by atoms with van der Waals surface area (Å²) >= 11 is 1.48. The summed E-state index contributed by atoms with van der Waals surface area (Å²) in [6.07, 6.45) is 2.14. The van der Waals surface area contributed by atoms with E-state index in [1.54, 1.807) is 0 Å². The first-order valence-corrected chi connectivity index (χ1v) is 8.80. The van der Waals surface area contributed by atoms with Crippen LogP contribution in [0.4, 0.5) is 4.79 Å². The topological polar surface area (TPSA) is 134 Å². The molecule has 142 valence electrons. The maximum absolute atomic E-state index is 12.3. The second-order valence-electron chi connectivity index (χ2n) is 4.99. The summed E-state index contributed by atoms with van der Waals surface area (Å²) in [5.74, 6) is -1.71. The van der Waals surface area contributed by atoms with Gasteiger partial charge in [0.15, 0.2) is 0 Å². The van der Waals surface area contributed by atoms with Gasteiger partial charge in [0.2, 0.25) is 0 Å². The average molecular weight is 384 g/mol. The fourth-order valence-electron chi connectivity index (χ4n) is 1.97. The molecule has 10 heteroatoms. The number of primary amides is 1. The maximum atomic E-state index is 12.3. The highest BCUT2D eigenvalue weighted by atomic mass is 32.2. The van der Waals surface area contributed by atoms with E-state index in [-0.39, 0.29) is 16.9 Å². The fourth-order valence-corrected chi connectivity index (χ4v) is 2.44. The predicted molar refractivity (Wildman–Crippen MR) is 94.3 cm³/mol. The number of nitrogens with two attached hydrogens (primary N) is 1. The van der Waals surface area contributed by atoms with Crippen LogP contribution in [0.5, 0.6) is 5.75 Å². The van der Waals surface area contributed by atoms with Crippen LogP contribution in [-0.4, -0.2) is 56.2 Å². The SMILES string of the molecule is COC(=O)c1cc(OC(=O)C(CCSC)NC(N)=O)cc(C(=O)OC)c1. The van der Waals surface area contributed by atoms with E-state index in [0.717, 1.165) is 0 Å². The first kappa shape index (κ1) is 21.3. The summed E-state index contributed by atoms with van der Waals surface area (Å²) in [6, 6.07) is 1.90. The number of rotatable bonds is 8. The molecule has 1 aromatic carbocycles.